The Kier molecular flexibility index (Phi) is 6.76. The number of ether oxygens (including phenoxy) is 2. The van der Waals surface area contributed by atoms with Crippen molar-refractivity contribution < 1.29 is 19.2 Å². The highest BCUT2D eigenvalue weighted by atomic mass is 35.5. The molecule has 1 aliphatic heterocycles. The number of carbonyl (C=O) groups is 1. The smallest absolute Gasteiger partial charge is 0.324 e. The number of nitro groups is 1. The van der Waals surface area contributed by atoms with Crippen LogP contribution in [-0.2, 0) is 0 Å². The van der Waals surface area contributed by atoms with Crippen molar-refractivity contribution in [3.05, 3.63) is 39.3 Å². The maximum absolute atomic E-state index is 13.2. The second-order valence-electron chi connectivity index (χ2n) is 6.68. The minimum Gasteiger partial charge on any atom is -0.454 e. The van der Waals surface area contributed by atoms with Gasteiger partial charge < -0.3 is 14.4 Å². The number of aromatic nitrogens is 1. The third-order valence-corrected chi connectivity index (χ3v) is 6.38. The molecule has 0 bridgehead atoms. The lowest BCUT2D eigenvalue weighted by Gasteiger charge is -2.20. The van der Waals surface area contributed by atoms with Crippen molar-refractivity contribution in [2.75, 3.05) is 38.9 Å². The van der Waals surface area contributed by atoms with Crippen molar-refractivity contribution in [3.8, 4) is 11.5 Å². The number of thiophene rings is 1. The summed E-state index contributed by atoms with van der Waals surface area (Å²) >= 11 is 2.25. The summed E-state index contributed by atoms with van der Waals surface area (Å²) in [6.45, 7) is 1.44. The van der Waals surface area contributed by atoms with Gasteiger partial charge in [-0.1, -0.05) is 22.7 Å². The number of rotatable bonds is 7. The number of carbonyl (C=O) groups excluding carboxylic acids is 1. The molecule has 0 atom stereocenters. The van der Waals surface area contributed by atoms with Crippen molar-refractivity contribution in [1.82, 2.24) is 9.88 Å². The molecule has 160 valence electrons. The van der Waals surface area contributed by atoms with E-state index in [1.807, 2.05) is 25.1 Å². The fourth-order valence-corrected chi connectivity index (χ4v) is 4.69. The van der Waals surface area contributed by atoms with Gasteiger partial charge in [0.05, 0.1) is 20.0 Å². The number of hydrogen-bond donors (Lipinski definition) is 0. The molecule has 0 fully saturated rings. The van der Waals surface area contributed by atoms with Crippen LogP contribution in [-0.4, -0.2) is 54.7 Å². The molecule has 0 saturated heterocycles. The SMILES string of the molecule is CN(C)CCCN(C(=O)c1ccc([N+](=O)[O-])s1)c1nc2cc3c(cc2s1)OCO3.Cl. The Bertz CT molecular complexity index is 1040. The number of amides is 1. The Hall–Kier alpha value is -2.47. The van der Waals surface area contributed by atoms with Gasteiger partial charge in [-0.15, -0.1) is 12.4 Å². The van der Waals surface area contributed by atoms with Gasteiger partial charge in [-0.3, -0.25) is 19.8 Å². The van der Waals surface area contributed by atoms with Gasteiger partial charge in [0.1, 0.15) is 0 Å². The van der Waals surface area contributed by atoms with Crippen LogP contribution < -0.4 is 14.4 Å². The van der Waals surface area contributed by atoms with E-state index in [1.54, 1.807) is 11.0 Å². The summed E-state index contributed by atoms with van der Waals surface area (Å²) < 4.78 is 11.7. The zero-order valence-electron chi connectivity index (χ0n) is 16.2. The fourth-order valence-electron chi connectivity index (χ4n) is 2.92. The molecule has 12 heteroatoms. The Morgan fingerprint density at radius 2 is 1.93 bits per heavy atom. The number of nitrogens with zero attached hydrogens (tertiary/aromatic N) is 4. The quantitative estimate of drug-likeness (QED) is 0.380. The second-order valence-corrected chi connectivity index (χ2v) is 8.75. The zero-order chi connectivity index (χ0) is 20.5. The van der Waals surface area contributed by atoms with Crippen LogP contribution in [0, 0.1) is 10.1 Å². The number of halogens is 1. The number of benzene rings is 1. The number of anilines is 1. The first kappa shape index (κ1) is 22.2. The van der Waals surface area contributed by atoms with Crippen molar-refractivity contribution in [1.29, 1.82) is 0 Å². The van der Waals surface area contributed by atoms with E-state index in [0.29, 0.717) is 28.1 Å². The van der Waals surface area contributed by atoms with E-state index < -0.39 is 4.92 Å². The molecule has 0 N–H and O–H groups in total. The Morgan fingerprint density at radius 1 is 1.20 bits per heavy atom. The standard InChI is InChI=1S/C18H18N4O5S2.ClH/c1-20(2)6-3-7-21(17(23)14-4-5-16(28-14)22(24)25)18-19-11-8-12-13(27-10-26-12)9-15(11)29-18;/h4-5,8-9H,3,6-7,10H2,1-2H3;1H. The molecule has 0 unspecified atom stereocenters. The number of thiazole rings is 1. The Balaban J connectivity index is 0.00000256. The summed E-state index contributed by atoms with van der Waals surface area (Å²) in [5.74, 6) is 1.00. The Morgan fingerprint density at radius 3 is 2.60 bits per heavy atom. The molecule has 2 aromatic heterocycles. The highest BCUT2D eigenvalue weighted by molar-refractivity contribution is 7.22. The maximum atomic E-state index is 13.2. The topological polar surface area (TPSA) is 98.0 Å². The molecule has 0 aliphatic carbocycles. The highest BCUT2D eigenvalue weighted by Crippen LogP contribution is 2.40. The molecule has 30 heavy (non-hydrogen) atoms. The third kappa shape index (κ3) is 4.48. The average molecular weight is 471 g/mol. The second kappa shape index (κ2) is 9.13. The van der Waals surface area contributed by atoms with E-state index in [9.17, 15) is 14.9 Å². The molecule has 9 nitrogen and oxygen atoms in total. The van der Waals surface area contributed by atoms with Crippen LogP contribution in [0.3, 0.4) is 0 Å². The lowest BCUT2D eigenvalue weighted by Crippen LogP contribution is -2.32. The molecular weight excluding hydrogens is 452 g/mol. The van der Waals surface area contributed by atoms with Crippen LogP contribution in [0.1, 0.15) is 16.1 Å². The summed E-state index contributed by atoms with van der Waals surface area (Å²) in [4.78, 5) is 32.2. The molecule has 1 amide bonds. The van der Waals surface area contributed by atoms with E-state index >= 15 is 0 Å². The first-order valence-electron chi connectivity index (χ1n) is 8.83. The van der Waals surface area contributed by atoms with Gasteiger partial charge in [0.25, 0.3) is 5.91 Å². The van der Waals surface area contributed by atoms with E-state index in [1.165, 1.54) is 23.5 Å². The van der Waals surface area contributed by atoms with E-state index in [-0.39, 0.29) is 30.1 Å². The largest absolute Gasteiger partial charge is 0.454 e. The number of hydrogen-bond acceptors (Lipinski definition) is 9. The molecule has 3 heterocycles. The highest BCUT2D eigenvalue weighted by Gasteiger charge is 2.25. The third-order valence-electron chi connectivity index (χ3n) is 4.32. The van der Waals surface area contributed by atoms with Crippen LogP contribution in [0.25, 0.3) is 10.2 Å². The predicted molar refractivity (Wildman–Crippen MR) is 119 cm³/mol. The summed E-state index contributed by atoms with van der Waals surface area (Å²) in [7, 11) is 3.93. The van der Waals surface area contributed by atoms with Crippen molar-refractivity contribution in [3.63, 3.8) is 0 Å². The number of fused-ring (bicyclic) bond motifs is 2. The molecule has 1 aliphatic rings. The van der Waals surface area contributed by atoms with Crippen molar-refractivity contribution in [2.45, 2.75) is 6.42 Å². The molecule has 3 aromatic rings. The first-order valence-corrected chi connectivity index (χ1v) is 10.5. The first-order chi connectivity index (χ1) is 13.9. The monoisotopic (exact) mass is 470 g/mol. The molecule has 0 spiro atoms. The van der Waals surface area contributed by atoms with E-state index in [4.69, 9.17) is 9.47 Å². The van der Waals surface area contributed by atoms with E-state index in [0.717, 1.165) is 34.5 Å². The van der Waals surface area contributed by atoms with Crippen molar-refractivity contribution in [2.24, 2.45) is 0 Å². The molecule has 0 radical (unpaired) electrons. The normalized spacial score (nSPS) is 12.2. The molecule has 0 saturated carbocycles. The molecular formula is C18H19ClN4O5S2. The van der Waals surface area contributed by atoms with E-state index in [2.05, 4.69) is 4.98 Å². The van der Waals surface area contributed by atoms with Crippen LogP contribution >= 0.6 is 35.1 Å². The van der Waals surface area contributed by atoms with Crippen molar-refractivity contribution >= 4 is 61.3 Å². The van der Waals surface area contributed by atoms with Crippen LogP contribution in [0.5, 0.6) is 11.5 Å². The van der Waals surface area contributed by atoms with Gasteiger partial charge in [0, 0.05) is 24.7 Å². The molecule has 4 rings (SSSR count). The van der Waals surface area contributed by atoms with Crippen LogP contribution in [0.15, 0.2) is 24.3 Å². The Labute approximate surface area is 186 Å². The summed E-state index contributed by atoms with van der Waals surface area (Å²) in [5.41, 5.74) is 0.719. The summed E-state index contributed by atoms with van der Waals surface area (Å²) in [5, 5.41) is 11.5. The molecule has 1 aromatic carbocycles. The lowest BCUT2D eigenvalue weighted by atomic mass is 10.3. The summed E-state index contributed by atoms with van der Waals surface area (Å²) in [6.07, 6.45) is 0.741. The van der Waals surface area contributed by atoms with Gasteiger partial charge >= 0.3 is 5.00 Å². The maximum Gasteiger partial charge on any atom is 0.324 e. The zero-order valence-corrected chi connectivity index (χ0v) is 18.6. The van der Waals surface area contributed by atoms with Gasteiger partial charge in [0.15, 0.2) is 16.6 Å². The van der Waals surface area contributed by atoms with Gasteiger partial charge in [-0.25, -0.2) is 4.98 Å². The minimum atomic E-state index is -0.489. The summed E-state index contributed by atoms with van der Waals surface area (Å²) in [6, 6.07) is 6.51. The minimum absolute atomic E-state index is 0. The fraction of sp³-hybridized carbons (Fsp3) is 0.333. The van der Waals surface area contributed by atoms with Gasteiger partial charge in [0.2, 0.25) is 6.79 Å². The van der Waals surface area contributed by atoms with Gasteiger partial charge in [-0.05, 0) is 33.1 Å². The lowest BCUT2D eigenvalue weighted by molar-refractivity contribution is -0.380. The van der Waals surface area contributed by atoms with Crippen LogP contribution in [0.4, 0.5) is 10.1 Å². The van der Waals surface area contributed by atoms with Crippen LogP contribution in [0.2, 0.25) is 0 Å². The predicted octanol–water partition coefficient (Wildman–Crippen LogP) is 4.02. The average Bonchev–Trinajstić information content (AvgIpc) is 3.40. The van der Waals surface area contributed by atoms with Gasteiger partial charge in [-0.2, -0.15) is 0 Å².